The fraction of sp³-hybridized carbons (Fsp3) is 0.391. The van der Waals surface area contributed by atoms with Crippen LogP contribution in [-0.2, 0) is 17.9 Å². The topological polar surface area (TPSA) is 66.0 Å². The Morgan fingerprint density at radius 3 is 2.59 bits per heavy atom. The van der Waals surface area contributed by atoms with Crippen molar-refractivity contribution in [2.24, 2.45) is 4.99 Å². The number of guanidine groups is 1. The Hall–Kier alpha value is -3.02. The number of nitrogens with one attached hydrogen (secondary N) is 2. The molecule has 0 spiro atoms. The number of aryl methyl sites for hydroxylation is 2. The van der Waals surface area contributed by atoms with E-state index in [1.165, 1.54) is 21.6 Å². The monoisotopic (exact) mass is 396 g/mol. The summed E-state index contributed by atoms with van der Waals surface area (Å²) >= 11 is 0. The molecule has 0 aromatic heterocycles. The number of hydrogen-bond donors (Lipinski definition) is 2. The molecule has 2 aromatic carbocycles. The summed E-state index contributed by atoms with van der Waals surface area (Å²) in [5, 5.41) is 6.67. The van der Waals surface area contributed by atoms with Gasteiger partial charge in [-0.05, 0) is 49.6 Å². The van der Waals surface area contributed by atoms with Crippen molar-refractivity contribution in [2.45, 2.75) is 33.9 Å². The molecule has 156 valence electrons. The highest BCUT2D eigenvalue weighted by atomic mass is 16.5. The molecule has 1 amide bonds. The van der Waals surface area contributed by atoms with Crippen LogP contribution in [0.5, 0.6) is 5.75 Å². The van der Waals surface area contributed by atoms with E-state index in [2.05, 4.69) is 47.7 Å². The summed E-state index contributed by atoms with van der Waals surface area (Å²) < 4.78 is 5.58. The second-order valence-corrected chi connectivity index (χ2v) is 7.20. The minimum Gasteiger partial charge on any atom is -0.484 e. The van der Waals surface area contributed by atoms with Crippen molar-refractivity contribution in [2.75, 3.05) is 27.2 Å². The Balaban J connectivity index is 1.98. The third-order valence-corrected chi connectivity index (χ3v) is 4.47. The van der Waals surface area contributed by atoms with Crippen molar-refractivity contribution in [1.82, 2.24) is 15.5 Å². The largest absolute Gasteiger partial charge is 0.484 e. The van der Waals surface area contributed by atoms with Crippen LogP contribution in [0.2, 0.25) is 0 Å². The van der Waals surface area contributed by atoms with Gasteiger partial charge in [0.25, 0.3) is 5.91 Å². The molecule has 0 aliphatic rings. The molecule has 29 heavy (non-hydrogen) atoms. The first-order valence-electron chi connectivity index (χ1n) is 9.89. The maximum absolute atomic E-state index is 11.7. The zero-order valence-electron chi connectivity index (χ0n) is 18.1. The van der Waals surface area contributed by atoms with Gasteiger partial charge < -0.3 is 20.3 Å². The van der Waals surface area contributed by atoms with Gasteiger partial charge in [-0.15, -0.1) is 0 Å². The van der Waals surface area contributed by atoms with E-state index in [0.29, 0.717) is 18.8 Å². The summed E-state index contributed by atoms with van der Waals surface area (Å²) in [6, 6.07) is 14.1. The van der Waals surface area contributed by atoms with Gasteiger partial charge in [0.05, 0.1) is 6.54 Å². The van der Waals surface area contributed by atoms with Crippen molar-refractivity contribution in [1.29, 1.82) is 0 Å². The number of aliphatic imine (C=N–C) groups is 1. The molecule has 0 fully saturated rings. The predicted molar refractivity (Wildman–Crippen MR) is 118 cm³/mol. The first kappa shape index (κ1) is 22.3. The Morgan fingerprint density at radius 2 is 1.90 bits per heavy atom. The van der Waals surface area contributed by atoms with Crippen LogP contribution in [0.15, 0.2) is 47.5 Å². The molecule has 0 radical (unpaired) electrons. The van der Waals surface area contributed by atoms with Gasteiger partial charge in [0.1, 0.15) is 5.75 Å². The van der Waals surface area contributed by atoms with Gasteiger partial charge in [0.15, 0.2) is 12.6 Å². The molecule has 6 heteroatoms. The number of amides is 1. The van der Waals surface area contributed by atoms with Crippen LogP contribution < -0.4 is 15.4 Å². The fourth-order valence-corrected chi connectivity index (χ4v) is 2.74. The SMILES string of the molecule is CCNC(=NCc1cccc(OCC(=O)N(C)C)c1)NCc1ccc(C)cc1C. The lowest BCUT2D eigenvalue weighted by atomic mass is 10.1. The normalized spacial score (nSPS) is 11.1. The highest BCUT2D eigenvalue weighted by Gasteiger charge is 2.06. The summed E-state index contributed by atoms with van der Waals surface area (Å²) in [7, 11) is 3.42. The highest BCUT2D eigenvalue weighted by Crippen LogP contribution is 2.14. The van der Waals surface area contributed by atoms with Crippen molar-refractivity contribution < 1.29 is 9.53 Å². The third kappa shape index (κ3) is 7.49. The molecule has 2 N–H and O–H groups in total. The summed E-state index contributed by atoms with van der Waals surface area (Å²) in [4.78, 5) is 17.9. The van der Waals surface area contributed by atoms with Crippen LogP contribution in [0, 0.1) is 13.8 Å². The number of hydrogen-bond acceptors (Lipinski definition) is 3. The lowest BCUT2D eigenvalue weighted by Crippen LogP contribution is -2.36. The number of carbonyl (C=O) groups excluding carboxylic acids is 1. The van der Waals surface area contributed by atoms with Crippen LogP contribution in [0.3, 0.4) is 0 Å². The predicted octanol–water partition coefficient (Wildman–Crippen LogP) is 3.03. The van der Waals surface area contributed by atoms with E-state index in [1.807, 2.05) is 31.2 Å². The van der Waals surface area contributed by atoms with Gasteiger partial charge in [-0.1, -0.05) is 35.9 Å². The lowest BCUT2D eigenvalue weighted by molar-refractivity contribution is -0.130. The molecule has 0 bridgehead atoms. The van der Waals surface area contributed by atoms with Gasteiger partial charge in [-0.2, -0.15) is 0 Å². The molecular weight excluding hydrogens is 364 g/mol. The molecular formula is C23H32N4O2. The zero-order chi connectivity index (χ0) is 21.2. The molecule has 0 atom stereocenters. The van der Waals surface area contributed by atoms with Crippen LogP contribution in [0.25, 0.3) is 0 Å². The van der Waals surface area contributed by atoms with Crippen LogP contribution in [0.4, 0.5) is 0 Å². The summed E-state index contributed by atoms with van der Waals surface area (Å²) in [6.45, 7) is 8.32. The molecule has 0 saturated heterocycles. The molecule has 6 nitrogen and oxygen atoms in total. The Bertz CT molecular complexity index is 847. The molecule has 0 saturated carbocycles. The summed E-state index contributed by atoms with van der Waals surface area (Å²) in [5.41, 5.74) is 4.80. The Kier molecular flexibility index (Phi) is 8.52. The number of benzene rings is 2. The number of likely N-dealkylation sites (N-methyl/N-ethyl adjacent to an activating group) is 1. The van der Waals surface area contributed by atoms with Crippen LogP contribution in [-0.4, -0.2) is 44.0 Å². The second kappa shape index (κ2) is 11.1. The highest BCUT2D eigenvalue weighted by molar-refractivity contribution is 5.79. The van der Waals surface area contributed by atoms with Gasteiger partial charge in [0.2, 0.25) is 0 Å². The van der Waals surface area contributed by atoms with Gasteiger partial charge in [-0.3, -0.25) is 4.79 Å². The average Bonchev–Trinajstić information content (AvgIpc) is 2.69. The van der Waals surface area contributed by atoms with E-state index < -0.39 is 0 Å². The maximum Gasteiger partial charge on any atom is 0.259 e. The van der Waals surface area contributed by atoms with E-state index in [4.69, 9.17) is 4.74 Å². The van der Waals surface area contributed by atoms with Crippen molar-refractivity contribution in [3.63, 3.8) is 0 Å². The van der Waals surface area contributed by atoms with E-state index in [1.54, 1.807) is 14.1 Å². The van der Waals surface area contributed by atoms with Crippen molar-refractivity contribution in [3.05, 3.63) is 64.7 Å². The number of ether oxygens (including phenoxy) is 1. The minimum absolute atomic E-state index is 0.0276. The molecule has 2 aromatic rings. The summed E-state index contributed by atoms with van der Waals surface area (Å²) in [6.07, 6.45) is 0. The number of nitrogens with zero attached hydrogens (tertiary/aromatic N) is 2. The van der Waals surface area contributed by atoms with Crippen molar-refractivity contribution >= 4 is 11.9 Å². The van der Waals surface area contributed by atoms with Gasteiger partial charge >= 0.3 is 0 Å². The van der Waals surface area contributed by atoms with Crippen LogP contribution in [0.1, 0.15) is 29.2 Å². The average molecular weight is 397 g/mol. The van der Waals surface area contributed by atoms with E-state index in [9.17, 15) is 4.79 Å². The second-order valence-electron chi connectivity index (χ2n) is 7.20. The smallest absolute Gasteiger partial charge is 0.259 e. The molecule has 0 aliphatic heterocycles. The lowest BCUT2D eigenvalue weighted by Gasteiger charge is -2.14. The maximum atomic E-state index is 11.7. The Labute approximate surface area is 174 Å². The molecule has 2 rings (SSSR count). The third-order valence-electron chi connectivity index (χ3n) is 4.47. The summed E-state index contributed by atoms with van der Waals surface area (Å²) in [5.74, 6) is 1.36. The van der Waals surface area contributed by atoms with E-state index >= 15 is 0 Å². The number of rotatable bonds is 8. The quantitative estimate of drug-likeness (QED) is 0.532. The van der Waals surface area contributed by atoms with E-state index in [0.717, 1.165) is 18.1 Å². The fourth-order valence-electron chi connectivity index (χ4n) is 2.74. The van der Waals surface area contributed by atoms with Crippen LogP contribution >= 0.6 is 0 Å². The standard InChI is InChI=1S/C23H32N4O2/c1-6-24-23(26-15-20-11-10-17(2)12-18(20)3)25-14-19-8-7-9-21(13-19)29-16-22(28)27(4)5/h7-13H,6,14-16H2,1-5H3,(H2,24,25,26). The first-order valence-corrected chi connectivity index (χ1v) is 9.89. The molecule has 0 aliphatic carbocycles. The van der Waals surface area contributed by atoms with Gasteiger partial charge in [-0.25, -0.2) is 4.99 Å². The molecule has 0 unspecified atom stereocenters. The van der Waals surface area contributed by atoms with E-state index in [-0.39, 0.29) is 12.5 Å². The minimum atomic E-state index is -0.0709. The zero-order valence-corrected chi connectivity index (χ0v) is 18.1. The molecule has 0 heterocycles. The van der Waals surface area contributed by atoms with Crippen molar-refractivity contribution in [3.8, 4) is 5.75 Å². The first-order chi connectivity index (χ1) is 13.9. The van der Waals surface area contributed by atoms with Gasteiger partial charge in [0, 0.05) is 27.2 Å². The number of carbonyl (C=O) groups is 1. The Morgan fingerprint density at radius 1 is 1.10 bits per heavy atom.